The van der Waals surface area contributed by atoms with Crippen molar-refractivity contribution in [3.63, 3.8) is 0 Å². The van der Waals surface area contributed by atoms with E-state index in [4.69, 9.17) is 19.4 Å². The second-order valence-corrected chi connectivity index (χ2v) is 7.43. The summed E-state index contributed by atoms with van der Waals surface area (Å²) in [5, 5.41) is 7.92. The summed E-state index contributed by atoms with van der Waals surface area (Å²) >= 11 is -2.29. The van der Waals surface area contributed by atoms with Crippen molar-refractivity contribution >= 4 is 34.3 Å². The third kappa shape index (κ3) is 6.74. The number of hydrogen-bond acceptors (Lipinski definition) is 9. The largest absolute Gasteiger partial charge is 0.759 e. The Kier molecular flexibility index (Phi) is 9.88. The first kappa shape index (κ1) is 24.8. The molecule has 1 fully saturated rings. The Labute approximate surface area is 183 Å². The molecule has 1 aliphatic rings. The van der Waals surface area contributed by atoms with E-state index in [-0.39, 0.29) is 6.47 Å². The molecule has 31 heavy (non-hydrogen) atoms. The van der Waals surface area contributed by atoms with E-state index in [1.165, 1.54) is 0 Å². The highest BCUT2D eigenvalue weighted by molar-refractivity contribution is 7.76. The van der Waals surface area contributed by atoms with E-state index in [9.17, 15) is 8.76 Å². The first-order chi connectivity index (χ1) is 14.9. The summed E-state index contributed by atoms with van der Waals surface area (Å²) in [6, 6.07) is 6.24. The van der Waals surface area contributed by atoms with Crippen molar-refractivity contribution in [2.75, 3.05) is 51.8 Å². The van der Waals surface area contributed by atoms with Gasteiger partial charge in [0.1, 0.15) is 0 Å². The van der Waals surface area contributed by atoms with Crippen LogP contribution in [0, 0.1) is 0 Å². The number of methoxy groups -OCH3 is 2. The van der Waals surface area contributed by atoms with Gasteiger partial charge in [0.15, 0.2) is 11.5 Å². The fraction of sp³-hybridized carbons (Fsp3) is 0.474. The number of ether oxygens (including phenoxy) is 2. The summed E-state index contributed by atoms with van der Waals surface area (Å²) in [4.78, 5) is 19.7. The Morgan fingerprint density at radius 2 is 2.00 bits per heavy atom. The normalized spacial score (nSPS) is 17.5. The smallest absolute Gasteiger partial charge is 0.290 e. The van der Waals surface area contributed by atoms with Crippen molar-refractivity contribution in [2.45, 2.75) is 13.0 Å². The van der Waals surface area contributed by atoms with Crippen LogP contribution in [0.1, 0.15) is 6.92 Å². The maximum Gasteiger partial charge on any atom is 0.290 e. The van der Waals surface area contributed by atoms with E-state index in [1.807, 2.05) is 24.4 Å². The number of hydrazine groups is 1. The molecule has 2 heterocycles. The number of nitrogens with one attached hydrogen (secondary N) is 2. The summed E-state index contributed by atoms with van der Waals surface area (Å²) in [5.74, 6) is 1.35. The van der Waals surface area contributed by atoms with E-state index in [0.29, 0.717) is 24.1 Å². The highest BCUT2D eigenvalue weighted by atomic mass is 32.2. The molecule has 1 aromatic heterocycles. The molecule has 12 heteroatoms. The zero-order valence-electron chi connectivity index (χ0n) is 17.7. The zero-order valence-corrected chi connectivity index (χ0v) is 18.6. The summed E-state index contributed by atoms with van der Waals surface area (Å²) in [7, 11) is 3.25. The van der Waals surface area contributed by atoms with Crippen LogP contribution in [0.4, 0.5) is 5.69 Å². The van der Waals surface area contributed by atoms with Crippen LogP contribution in [0.3, 0.4) is 0 Å². The molecule has 2 unspecified atom stereocenters. The average Bonchev–Trinajstić information content (AvgIpc) is 2.76. The molecule has 0 spiro atoms. The predicted molar refractivity (Wildman–Crippen MR) is 117 cm³/mol. The number of nitrogens with zero attached hydrogens (tertiary/aromatic N) is 3. The van der Waals surface area contributed by atoms with E-state index in [2.05, 4.69) is 32.0 Å². The monoisotopic (exact) mass is 454 g/mol. The Morgan fingerprint density at radius 1 is 1.32 bits per heavy atom. The van der Waals surface area contributed by atoms with Gasteiger partial charge in [0.2, 0.25) is 0 Å². The average molecular weight is 455 g/mol. The van der Waals surface area contributed by atoms with Gasteiger partial charge >= 0.3 is 0 Å². The van der Waals surface area contributed by atoms with Gasteiger partial charge in [-0.1, -0.05) is 0 Å². The van der Waals surface area contributed by atoms with Crippen LogP contribution in [0.2, 0.25) is 0 Å². The lowest BCUT2D eigenvalue weighted by Gasteiger charge is -2.41. The molecule has 1 aromatic carbocycles. The minimum Gasteiger partial charge on any atom is -0.759 e. The van der Waals surface area contributed by atoms with E-state index in [1.54, 1.807) is 14.2 Å². The Morgan fingerprint density at radius 3 is 2.61 bits per heavy atom. The third-order valence-corrected chi connectivity index (χ3v) is 5.32. The molecule has 1 aliphatic heterocycles. The SMILES string of the molecule is COc1cc2nccc(N3CCN(CCNNS(=O)[O-])C(C)C3)c2cc1OC.O=CO. The number of piperazine rings is 1. The molecule has 172 valence electrons. The topological polar surface area (TPSA) is 139 Å². The minimum absolute atomic E-state index is 0.250. The lowest BCUT2D eigenvalue weighted by atomic mass is 10.1. The zero-order chi connectivity index (χ0) is 22.8. The Balaban J connectivity index is 0.00000107. The van der Waals surface area contributed by atoms with Gasteiger partial charge in [-0.05, 0) is 19.1 Å². The van der Waals surface area contributed by atoms with Crippen molar-refractivity contribution in [1.82, 2.24) is 20.1 Å². The first-order valence-electron chi connectivity index (χ1n) is 9.60. The molecule has 0 radical (unpaired) electrons. The maximum absolute atomic E-state index is 10.5. The molecule has 0 saturated carbocycles. The van der Waals surface area contributed by atoms with Gasteiger partial charge in [0, 0.05) is 73.4 Å². The van der Waals surface area contributed by atoms with Crippen LogP contribution >= 0.6 is 0 Å². The quantitative estimate of drug-likeness (QED) is 0.222. The van der Waals surface area contributed by atoms with Gasteiger partial charge in [-0.3, -0.25) is 18.9 Å². The molecule has 0 amide bonds. The summed E-state index contributed by atoms with van der Waals surface area (Å²) < 4.78 is 31.8. The van der Waals surface area contributed by atoms with Crippen LogP contribution in [0.25, 0.3) is 10.9 Å². The molecule has 11 nitrogen and oxygen atoms in total. The van der Waals surface area contributed by atoms with Crippen LogP contribution in [-0.4, -0.2) is 83.2 Å². The van der Waals surface area contributed by atoms with Gasteiger partial charge in [-0.15, -0.1) is 0 Å². The number of carboxylic acid groups (broad SMARTS) is 1. The highest BCUT2D eigenvalue weighted by Gasteiger charge is 2.25. The first-order valence-corrected chi connectivity index (χ1v) is 10.7. The van der Waals surface area contributed by atoms with Gasteiger partial charge in [0.25, 0.3) is 6.47 Å². The molecular weight excluding hydrogens is 426 g/mol. The van der Waals surface area contributed by atoms with Crippen molar-refractivity contribution in [3.8, 4) is 11.5 Å². The standard InChI is InChI=1S/C18H27N5O4S.CH2O2/c1-13-12-23(9-8-22(13)7-6-20-21-28(24)25)16-4-5-19-15-11-18(27-3)17(26-2)10-14(15)16;2-1-3/h4-5,10-11,13,20-21H,6-9,12H2,1-3H3,(H,24,25);1H,(H,2,3)/p-1. The number of rotatable bonds is 8. The number of carbonyl (C=O) groups is 1. The fourth-order valence-electron chi connectivity index (χ4n) is 3.59. The summed E-state index contributed by atoms with van der Waals surface area (Å²) in [6.07, 6.45) is 1.82. The second kappa shape index (κ2) is 12.4. The molecular formula is C19H28N5O6S-. The molecule has 1 saturated heterocycles. The number of pyridine rings is 1. The number of hydrogen-bond donors (Lipinski definition) is 3. The van der Waals surface area contributed by atoms with Gasteiger partial charge in [0.05, 0.1) is 19.7 Å². The van der Waals surface area contributed by atoms with Crippen LogP contribution < -0.4 is 24.6 Å². The lowest BCUT2D eigenvalue weighted by Crippen LogP contribution is -2.54. The lowest BCUT2D eigenvalue weighted by molar-refractivity contribution is -0.122. The van der Waals surface area contributed by atoms with E-state index < -0.39 is 11.3 Å². The highest BCUT2D eigenvalue weighted by Crippen LogP contribution is 2.36. The predicted octanol–water partition coefficient (Wildman–Crippen LogP) is 0.352. The molecule has 0 aliphatic carbocycles. The number of benzene rings is 1. The van der Waals surface area contributed by atoms with Gasteiger partial charge in [-0.25, -0.2) is 5.43 Å². The molecule has 2 aromatic rings. The van der Waals surface area contributed by atoms with Crippen LogP contribution in [0.15, 0.2) is 24.4 Å². The molecule has 3 N–H and O–H groups in total. The van der Waals surface area contributed by atoms with E-state index in [0.717, 1.165) is 42.8 Å². The minimum atomic E-state index is -2.29. The van der Waals surface area contributed by atoms with Crippen LogP contribution in [0.5, 0.6) is 11.5 Å². The molecule has 2 atom stereocenters. The third-order valence-electron chi connectivity index (χ3n) is 5.01. The van der Waals surface area contributed by atoms with Gasteiger partial charge < -0.3 is 24.0 Å². The van der Waals surface area contributed by atoms with Crippen LogP contribution in [-0.2, 0) is 16.1 Å². The summed E-state index contributed by atoms with van der Waals surface area (Å²) in [5.41, 5.74) is 4.68. The number of aromatic nitrogens is 1. The Bertz CT molecular complexity index is 886. The van der Waals surface area contributed by atoms with Crippen molar-refractivity contribution in [2.24, 2.45) is 0 Å². The van der Waals surface area contributed by atoms with Crippen molar-refractivity contribution in [1.29, 1.82) is 0 Å². The summed E-state index contributed by atoms with van der Waals surface area (Å²) in [6.45, 7) is 5.88. The Hall–Kier alpha value is -2.51. The van der Waals surface area contributed by atoms with E-state index >= 15 is 0 Å². The molecule has 3 rings (SSSR count). The maximum atomic E-state index is 10.5. The number of anilines is 1. The number of fused-ring (bicyclic) bond motifs is 1. The van der Waals surface area contributed by atoms with Crippen molar-refractivity contribution in [3.05, 3.63) is 24.4 Å². The van der Waals surface area contributed by atoms with Gasteiger partial charge in [-0.2, -0.15) is 4.83 Å². The van der Waals surface area contributed by atoms with Crippen molar-refractivity contribution < 1.29 is 28.1 Å². The fourth-order valence-corrected chi connectivity index (χ4v) is 3.81. The molecule has 0 bridgehead atoms. The second-order valence-electron chi connectivity index (χ2n) is 6.75.